The van der Waals surface area contributed by atoms with E-state index in [1.165, 1.54) is 0 Å². The highest BCUT2D eigenvalue weighted by atomic mass is 16.5. The fraction of sp³-hybridized carbons (Fsp3) is 0.417. The first-order chi connectivity index (χ1) is 7.17. The maximum absolute atomic E-state index is 11.6. The van der Waals surface area contributed by atoms with E-state index in [2.05, 4.69) is 6.92 Å². The molecule has 0 bridgehead atoms. The summed E-state index contributed by atoms with van der Waals surface area (Å²) < 4.78 is 10.4. The van der Waals surface area contributed by atoms with E-state index in [1.54, 1.807) is 20.3 Å². The van der Waals surface area contributed by atoms with Crippen LogP contribution in [0.1, 0.15) is 35.2 Å². The Labute approximate surface area is 89.0 Å². The van der Waals surface area contributed by atoms with E-state index in [9.17, 15) is 4.79 Å². The van der Waals surface area contributed by atoms with Crippen LogP contribution in [0, 0.1) is 0 Å². The molecule has 2 rings (SSSR count). The molecule has 0 N–H and O–H groups in total. The lowest BCUT2D eigenvalue weighted by molar-refractivity contribution is 0.0990. The molecule has 0 saturated heterocycles. The molecule has 0 heterocycles. The van der Waals surface area contributed by atoms with Gasteiger partial charge in [-0.3, -0.25) is 4.79 Å². The second-order valence-corrected chi connectivity index (χ2v) is 3.82. The first kappa shape index (κ1) is 10.0. The van der Waals surface area contributed by atoms with Crippen molar-refractivity contribution >= 4 is 5.78 Å². The van der Waals surface area contributed by atoms with Gasteiger partial charge in [0, 0.05) is 12.0 Å². The van der Waals surface area contributed by atoms with Crippen LogP contribution in [0.15, 0.2) is 12.1 Å². The summed E-state index contributed by atoms with van der Waals surface area (Å²) in [5, 5.41) is 0. The molecule has 0 amide bonds. The lowest BCUT2D eigenvalue weighted by atomic mass is 10.0. The second kappa shape index (κ2) is 3.57. The Morgan fingerprint density at radius 2 is 1.80 bits per heavy atom. The molecule has 80 valence electrons. The number of hydrogen-bond donors (Lipinski definition) is 0. The summed E-state index contributed by atoms with van der Waals surface area (Å²) in [5.41, 5.74) is 1.85. The van der Waals surface area contributed by atoms with E-state index in [0.717, 1.165) is 11.1 Å². The van der Waals surface area contributed by atoms with Crippen molar-refractivity contribution in [3.8, 4) is 11.5 Å². The van der Waals surface area contributed by atoms with E-state index in [4.69, 9.17) is 9.47 Å². The summed E-state index contributed by atoms with van der Waals surface area (Å²) in [7, 11) is 3.18. The van der Waals surface area contributed by atoms with Gasteiger partial charge in [-0.1, -0.05) is 6.92 Å². The number of ether oxygens (including phenoxy) is 2. The molecular weight excluding hydrogens is 192 g/mol. The molecule has 1 aliphatic carbocycles. The number of ketones is 1. The van der Waals surface area contributed by atoms with Crippen LogP contribution in [0.5, 0.6) is 11.5 Å². The Balaban J connectivity index is 2.58. The number of carbonyl (C=O) groups excluding carboxylic acids is 1. The Morgan fingerprint density at radius 1 is 1.20 bits per heavy atom. The van der Waals surface area contributed by atoms with Gasteiger partial charge in [0.1, 0.15) is 0 Å². The van der Waals surface area contributed by atoms with Crippen LogP contribution in [-0.2, 0) is 0 Å². The zero-order valence-electron chi connectivity index (χ0n) is 9.16. The first-order valence-electron chi connectivity index (χ1n) is 4.96. The van der Waals surface area contributed by atoms with E-state index in [-0.39, 0.29) is 11.7 Å². The van der Waals surface area contributed by atoms with Gasteiger partial charge in [-0.05, 0) is 23.6 Å². The lowest BCUT2D eigenvalue weighted by Crippen LogP contribution is -1.96. The monoisotopic (exact) mass is 206 g/mol. The van der Waals surface area contributed by atoms with Gasteiger partial charge in [-0.25, -0.2) is 0 Å². The summed E-state index contributed by atoms with van der Waals surface area (Å²) in [6.45, 7) is 2.05. The number of hydrogen-bond acceptors (Lipinski definition) is 3. The summed E-state index contributed by atoms with van der Waals surface area (Å²) in [5.74, 6) is 1.79. The Morgan fingerprint density at radius 3 is 2.40 bits per heavy atom. The average Bonchev–Trinajstić information content (AvgIpc) is 2.52. The van der Waals surface area contributed by atoms with Crippen LogP contribution in [0.3, 0.4) is 0 Å². The van der Waals surface area contributed by atoms with Gasteiger partial charge in [0.25, 0.3) is 0 Å². The maximum atomic E-state index is 11.6. The number of carbonyl (C=O) groups is 1. The van der Waals surface area contributed by atoms with Crippen LogP contribution in [0.25, 0.3) is 0 Å². The smallest absolute Gasteiger partial charge is 0.163 e. The quantitative estimate of drug-likeness (QED) is 0.745. The standard InChI is InChI=1S/C12H14O3/c1-7-4-10(13)9-6-12(15-3)11(14-2)5-8(7)9/h5-7H,4H2,1-3H3/t7-/m0/s1. The van der Waals surface area contributed by atoms with Crippen LogP contribution >= 0.6 is 0 Å². The van der Waals surface area contributed by atoms with Gasteiger partial charge in [-0.15, -0.1) is 0 Å². The highest BCUT2D eigenvalue weighted by molar-refractivity contribution is 6.02. The van der Waals surface area contributed by atoms with E-state index < -0.39 is 0 Å². The van der Waals surface area contributed by atoms with Gasteiger partial charge >= 0.3 is 0 Å². The molecule has 1 atom stereocenters. The molecule has 0 aromatic heterocycles. The van der Waals surface area contributed by atoms with Crippen molar-refractivity contribution in [2.45, 2.75) is 19.3 Å². The molecule has 1 aliphatic rings. The van der Waals surface area contributed by atoms with E-state index >= 15 is 0 Å². The zero-order valence-corrected chi connectivity index (χ0v) is 9.16. The van der Waals surface area contributed by atoms with Gasteiger partial charge < -0.3 is 9.47 Å². The van der Waals surface area contributed by atoms with Gasteiger partial charge in [0.05, 0.1) is 14.2 Å². The first-order valence-corrected chi connectivity index (χ1v) is 4.96. The molecule has 0 spiro atoms. The SMILES string of the molecule is COc1cc2c(cc1OC)[C@@H](C)CC2=O. The maximum Gasteiger partial charge on any atom is 0.163 e. The fourth-order valence-corrected chi connectivity index (χ4v) is 2.04. The van der Waals surface area contributed by atoms with Gasteiger partial charge in [0.15, 0.2) is 17.3 Å². The molecule has 1 aromatic rings. The van der Waals surface area contributed by atoms with Crippen LogP contribution in [0.4, 0.5) is 0 Å². The van der Waals surface area contributed by atoms with Crippen LogP contribution in [-0.4, -0.2) is 20.0 Å². The normalized spacial score (nSPS) is 18.9. The van der Waals surface area contributed by atoms with Crippen molar-refractivity contribution < 1.29 is 14.3 Å². The second-order valence-electron chi connectivity index (χ2n) is 3.82. The van der Waals surface area contributed by atoms with E-state index in [0.29, 0.717) is 17.9 Å². The number of benzene rings is 1. The third-order valence-electron chi connectivity index (χ3n) is 2.88. The van der Waals surface area contributed by atoms with Crippen molar-refractivity contribution in [1.29, 1.82) is 0 Å². The molecule has 1 aromatic carbocycles. The fourth-order valence-electron chi connectivity index (χ4n) is 2.04. The summed E-state index contributed by atoms with van der Waals surface area (Å²) >= 11 is 0. The van der Waals surface area contributed by atoms with Crippen LogP contribution in [0.2, 0.25) is 0 Å². The molecule has 3 nitrogen and oxygen atoms in total. The minimum Gasteiger partial charge on any atom is -0.493 e. The van der Waals surface area contributed by atoms with Crippen molar-refractivity contribution in [3.63, 3.8) is 0 Å². The summed E-state index contributed by atoms with van der Waals surface area (Å²) in [6, 6.07) is 3.68. The predicted octanol–water partition coefficient (Wildman–Crippen LogP) is 2.39. The van der Waals surface area contributed by atoms with Gasteiger partial charge in [0.2, 0.25) is 0 Å². The third kappa shape index (κ3) is 1.48. The molecular formula is C12H14O3. The van der Waals surface area contributed by atoms with E-state index in [1.807, 2.05) is 6.07 Å². The van der Waals surface area contributed by atoms with Crippen molar-refractivity contribution in [2.75, 3.05) is 14.2 Å². The largest absolute Gasteiger partial charge is 0.493 e. The Hall–Kier alpha value is -1.51. The van der Waals surface area contributed by atoms with Crippen molar-refractivity contribution in [2.24, 2.45) is 0 Å². The predicted molar refractivity (Wildman–Crippen MR) is 56.9 cm³/mol. The number of fused-ring (bicyclic) bond motifs is 1. The molecule has 0 aliphatic heterocycles. The minimum absolute atomic E-state index is 0.193. The molecule has 0 fully saturated rings. The summed E-state index contributed by atoms with van der Waals surface area (Å²) in [6.07, 6.45) is 0.589. The van der Waals surface area contributed by atoms with Gasteiger partial charge in [-0.2, -0.15) is 0 Å². The summed E-state index contributed by atoms with van der Waals surface area (Å²) in [4.78, 5) is 11.6. The highest BCUT2D eigenvalue weighted by Gasteiger charge is 2.28. The molecule has 15 heavy (non-hydrogen) atoms. The number of rotatable bonds is 2. The highest BCUT2D eigenvalue weighted by Crippen LogP contribution is 2.39. The zero-order chi connectivity index (χ0) is 11.0. The number of methoxy groups -OCH3 is 2. The third-order valence-corrected chi connectivity index (χ3v) is 2.88. The lowest BCUT2D eigenvalue weighted by Gasteiger charge is -2.10. The molecule has 0 radical (unpaired) electrons. The Bertz CT molecular complexity index is 410. The molecule has 0 unspecified atom stereocenters. The van der Waals surface area contributed by atoms with Crippen LogP contribution < -0.4 is 9.47 Å². The molecule has 0 saturated carbocycles. The average molecular weight is 206 g/mol. The Kier molecular flexibility index (Phi) is 2.39. The minimum atomic E-state index is 0.193. The van der Waals surface area contributed by atoms with Crippen molar-refractivity contribution in [3.05, 3.63) is 23.3 Å². The topological polar surface area (TPSA) is 35.5 Å². The van der Waals surface area contributed by atoms with Crippen molar-refractivity contribution in [1.82, 2.24) is 0 Å². The molecule has 3 heteroatoms. The number of Topliss-reactive ketones (excluding diaryl/α,β-unsaturated/α-hetero) is 1.